The minimum absolute atomic E-state index is 0.597. The Morgan fingerprint density at radius 3 is 2.76 bits per heavy atom. The Hall–Kier alpha value is -2.92. The zero-order valence-corrected chi connectivity index (χ0v) is 23.4. The monoisotopic (exact) mass is 585 g/mol. The smallest absolute Gasteiger partial charge is 0.147 e. The topological polar surface area (TPSA) is 21.6 Å². The minimum Gasteiger partial charge on any atom is -0.455 e. The van der Waals surface area contributed by atoms with Crippen molar-refractivity contribution in [3.05, 3.63) is 121 Å². The van der Waals surface area contributed by atoms with Crippen LogP contribution in [-0.2, 0) is 12.8 Å². The molecule has 0 saturated heterocycles. The lowest BCUT2D eigenvalue weighted by molar-refractivity contribution is 0.488. The average molecular weight is 587 g/mol. The van der Waals surface area contributed by atoms with Gasteiger partial charge in [-0.2, -0.15) is 0 Å². The van der Waals surface area contributed by atoms with Gasteiger partial charge in [-0.15, -0.1) is 11.3 Å². The van der Waals surface area contributed by atoms with Gasteiger partial charge in [0.25, 0.3) is 0 Å². The van der Waals surface area contributed by atoms with E-state index in [2.05, 4.69) is 68.8 Å². The Kier molecular flexibility index (Phi) is 7.14. The molecule has 3 aliphatic rings. The van der Waals surface area contributed by atoms with Crippen LogP contribution < -0.4 is 4.74 Å². The average Bonchev–Trinajstić information content (AvgIpc) is 3.26. The highest BCUT2D eigenvalue weighted by atomic mass is 79.9. The molecule has 0 saturated carbocycles. The van der Waals surface area contributed by atoms with E-state index in [0.717, 1.165) is 35.9 Å². The van der Waals surface area contributed by atoms with Crippen molar-refractivity contribution in [2.75, 3.05) is 0 Å². The number of benzene rings is 3. The Labute approximate surface area is 234 Å². The lowest BCUT2D eigenvalue weighted by atomic mass is 9.79. The fourth-order valence-corrected chi connectivity index (χ4v) is 6.52. The van der Waals surface area contributed by atoms with E-state index in [1.165, 1.54) is 44.3 Å². The highest BCUT2D eigenvalue weighted by molar-refractivity contribution is 9.10. The summed E-state index contributed by atoms with van der Waals surface area (Å²) in [5.74, 6) is 1.54. The van der Waals surface area contributed by atoms with E-state index in [4.69, 9.17) is 16.3 Å². The number of ether oxygens (including phenoxy) is 1. The molecule has 1 aliphatic heterocycles. The van der Waals surface area contributed by atoms with Gasteiger partial charge < -0.3 is 4.74 Å². The molecule has 2 aliphatic carbocycles. The van der Waals surface area contributed by atoms with Crippen LogP contribution in [0.5, 0.6) is 11.5 Å². The largest absolute Gasteiger partial charge is 0.455 e. The van der Waals surface area contributed by atoms with Gasteiger partial charge in [-0.1, -0.05) is 65.7 Å². The molecule has 0 unspecified atom stereocenters. The summed E-state index contributed by atoms with van der Waals surface area (Å²) in [5.41, 5.74) is 7.15. The Bertz CT molecular complexity index is 1610. The van der Waals surface area contributed by atoms with Crippen molar-refractivity contribution in [1.29, 1.82) is 0 Å². The second-order valence-electron chi connectivity index (χ2n) is 9.24. The molecule has 0 fully saturated rings. The molecule has 3 aromatic carbocycles. The van der Waals surface area contributed by atoms with Crippen molar-refractivity contribution < 1.29 is 4.74 Å². The quantitative estimate of drug-likeness (QED) is 0.229. The number of hydrogen-bond donors (Lipinski definition) is 0. The predicted molar refractivity (Wildman–Crippen MR) is 162 cm³/mol. The summed E-state index contributed by atoms with van der Waals surface area (Å²) in [7, 11) is 0. The summed E-state index contributed by atoms with van der Waals surface area (Å²) in [4.78, 5) is 5.39. The van der Waals surface area contributed by atoms with Crippen LogP contribution >= 0.6 is 38.9 Å². The van der Waals surface area contributed by atoms with Gasteiger partial charge in [0, 0.05) is 27.2 Å². The standard InChI is InChI=1S/C24H18BrClO.C8H7NS/c25-20-8-4-10-22(24(20)26)27-21-9-3-6-16-12-13-18-17-7-2-1-5-15(17)11-14-19(18)23(16)21;1-2-7-3-5-10-8(7)6-9-4-1/h2-4,6-10,12-13H,1,5,11,14H2;1,3-6H,2H2. The molecule has 0 radical (unpaired) electrons. The maximum atomic E-state index is 6.44. The first kappa shape index (κ1) is 24.4. The van der Waals surface area contributed by atoms with Crippen LogP contribution in [0.25, 0.3) is 16.3 Å². The Morgan fingerprint density at radius 2 is 1.81 bits per heavy atom. The van der Waals surface area contributed by atoms with Gasteiger partial charge in [0.15, 0.2) is 0 Å². The molecule has 7 rings (SSSR count). The number of halogens is 2. The van der Waals surface area contributed by atoms with Crippen LogP contribution in [0.15, 0.2) is 99.4 Å². The van der Waals surface area contributed by atoms with Gasteiger partial charge in [-0.3, -0.25) is 4.99 Å². The third kappa shape index (κ3) is 4.98. The summed E-state index contributed by atoms with van der Waals surface area (Å²) in [6.45, 7) is 0. The molecule has 37 heavy (non-hydrogen) atoms. The molecular weight excluding hydrogens is 562 g/mol. The lowest BCUT2D eigenvalue weighted by Gasteiger charge is -2.26. The maximum absolute atomic E-state index is 6.44. The molecule has 0 N–H and O–H groups in total. The van der Waals surface area contributed by atoms with Crippen LogP contribution in [0.3, 0.4) is 0 Å². The molecule has 0 atom stereocenters. The molecule has 0 spiro atoms. The van der Waals surface area contributed by atoms with Crippen molar-refractivity contribution in [2.24, 2.45) is 4.99 Å². The maximum Gasteiger partial charge on any atom is 0.147 e. The van der Waals surface area contributed by atoms with Crippen molar-refractivity contribution in [1.82, 2.24) is 0 Å². The van der Waals surface area contributed by atoms with Gasteiger partial charge >= 0.3 is 0 Å². The van der Waals surface area contributed by atoms with E-state index in [-0.39, 0.29) is 0 Å². The molecule has 2 heterocycles. The number of allylic oxidation sites excluding steroid dienone is 5. The normalized spacial score (nSPS) is 15.4. The predicted octanol–water partition coefficient (Wildman–Crippen LogP) is 10.3. The number of fused-ring (bicyclic) bond motifs is 5. The number of hydrogen-bond acceptors (Lipinski definition) is 3. The number of aliphatic imine (C=N–C) groups is 1. The molecule has 1 aromatic heterocycles. The lowest BCUT2D eigenvalue weighted by Crippen LogP contribution is -2.07. The fourth-order valence-electron chi connectivity index (χ4n) is 5.20. The van der Waals surface area contributed by atoms with E-state index >= 15 is 0 Å². The van der Waals surface area contributed by atoms with E-state index in [9.17, 15) is 0 Å². The zero-order valence-electron chi connectivity index (χ0n) is 20.2. The molecule has 4 aromatic rings. The van der Waals surface area contributed by atoms with Crippen molar-refractivity contribution in [3.63, 3.8) is 0 Å². The van der Waals surface area contributed by atoms with Crippen LogP contribution in [0, 0.1) is 0 Å². The van der Waals surface area contributed by atoms with Gasteiger partial charge in [-0.05, 0) is 105 Å². The van der Waals surface area contributed by atoms with Crippen LogP contribution in [0.2, 0.25) is 5.02 Å². The third-order valence-corrected chi connectivity index (χ3v) is 9.17. The van der Waals surface area contributed by atoms with E-state index in [1.807, 2.05) is 42.7 Å². The van der Waals surface area contributed by atoms with Gasteiger partial charge in [0.2, 0.25) is 0 Å². The van der Waals surface area contributed by atoms with Crippen LogP contribution in [-0.4, -0.2) is 6.21 Å². The molecule has 184 valence electrons. The van der Waals surface area contributed by atoms with Crippen molar-refractivity contribution in [2.45, 2.75) is 32.1 Å². The number of nitrogens with zero attached hydrogens (tertiary/aromatic N) is 1. The highest BCUT2D eigenvalue weighted by Gasteiger charge is 2.22. The van der Waals surface area contributed by atoms with Crippen molar-refractivity contribution in [3.8, 4) is 11.5 Å². The summed E-state index contributed by atoms with van der Waals surface area (Å²) < 4.78 is 7.15. The van der Waals surface area contributed by atoms with Crippen molar-refractivity contribution >= 4 is 61.4 Å². The first-order valence-corrected chi connectivity index (χ1v) is 14.5. The molecule has 0 bridgehead atoms. The fraction of sp³-hybridized carbons (Fsp3) is 0.156. The SMILES string of the molecule is C1=CN=Cc2sccc2C1.Clc1c(Br)cccc1Oc1cccc2ccc3c(c12)CCC1=C3C=CCC1. The number of thiophene rings is 1. The summed E-state index contributed by atoms with van der Waals surface area (Å²) >= 11 is 11.7. The Balaban J connectivity index is 0.000000210. The molecular formula is C32H25BrClNOS. The van der Waals surface area contributed by atoms with E-state index in [0.29, 0.717) is 10.8 Å². The summed E-state index contributed by atoms with van der Waals surface area (Å²) in [5, 5.41) is 5.12. The number of rotatable bonds is 2. The third-order valence-electron chi connectivity index (χ3n) is 7.00. The van der Waals surface area contributed by atoms with Gasteiger partial charge in [0.1, 0.15) is 11.5 Å². The minimum atomic E-state index is 0.597. The molecule has 0 amide bonds. The number of aryl methyl sites for hydroxylation is 1. The molecule has 5 heteroatoms. The van der Waals surface area contributed by atoms with E-state index < -0.39 is 0 Å². The summed E-state index contributed by atoms with van der Waals surface area (Å²) in [6, 6.07) is 18.7. The van der Waals surface area contributed by atoms with Crippen LogP contribution in [0.1, 0.15) is 40.8 Å². The second kappa shape index (κ2) is 10.8. The summed E-state index contributed by atoms with van der Waals surface area (Å²) in [6.07, 6.45) is 16.0. The van der Waals surface area contributed by atoms with Gasteiger partial charge in [0.05, 0.1) is 5.02 Å². The van der Waals surface area contributed by atoms with Gasteiger partial charge in [-0.25, -0.2) is 0 Å². The zero-order chi connectivity index (χ0) is 25.2. The second-order valence-corrected chi connectivity index (χ2v) is 11.4. The first-order chi connectivity index (χ1) is 18.2. The first-order valence-electron chi connectivity index (χ1n) is 12.5. The molecule has 2 nitrogen and oxygen atoms in total. The Morgan fingerprint density at radius 1 is 0.919 bits per heavy atom. The van der Waals surface area contributed by atoms with Crippen LogP contribution in [0.4, 0.5) is 0 Å². The highest BCUT2D eigenvalue weighted by Crippen LogP contribution is 2.44. The van der Waals surface area contributed by atoms with E-state index in [1.54, 1.807) is 16.9 Å².